The number of rotatable bonds is 5. The van der Waals surface area contributed by atoms with E-state index < -0.39 is 0 Å². The number of piperidine rings is 1. The van der Waals surface area contributed by atoms with Crippen molar-refractivity contribution < 1.29 is 9.59 Å². The molecule has 0 radical (unpaired) electrons. The number of hydrogen-bond acceptors (Lipinski definition) is 4. The zero-order valence-electron chi connectivity index (χ0n) is 11.7. The number of hydrogen-bond donors (Lipinski definition) is 2. The molecule has 1 aliphatic rings. The number of nitrogens with zero attached hydrogens (tertiary/aromatic N) is 1. The molecule has 6 heteroatoms. The largest absolute Gasteiger partial charge is 0.353 e. The van der Waals surface area contributed by atoms with Gasteiger partial charge in [0.15, 0.2) is 0 Å². The molecule has 2 heterocycles. The Morgan fingerprint density at radius 1 is 1.40 bits per heavy atom. The first-order chi connectivity index (χ1) is 9.65. The van der Waals surface area contributed by atoms with Crippen molar-refractivity contribution in [2.45, 2.75) is 25.3 Å². The fourth-order valence-electron chi connectivity index (χ4n) is 2.24. The second-order valence-electron chi connectivity index (χ2n) is 5.16. The standard InChI is InChI=1S/C14H21N3O2S/c1-17-7-3-12(4-8-17)16-13(18)2-6-15-14(19)11-5-9-20-10-11/h5,9-10,12H,2-4,6-8H2,1H3,(H,15,19)(H,16,18). The quantitative estimate of drug-likeness (QED) is 0.854. The number of thiophene rings is 1. The highest BCUT2D eigenvalue weighted by Gasteiger charge is 2.18. The predicted octanol–water partition coefficient (Wildman–Crippen LogP) is 1.08. The first-order valence-electron chi connectivity index (χ1n) is 6.93. The van der Waals surface area contributed by atoms with Gasteiger partial charge in [-0.05, 0) is 44.4 Å². The molecule has 0 spiro atoms. The Bertz CT molecular complexity index is 439. The highest BCUT2D eigenvalue weighted by molar-refractivity contribution is 7.08. The summed E-state index contributed by atoms with van der Waals surface area (Å²) in [6.07, 6.45) is 2.34. The van der Waals surface area contributed by atoms with Gasteiger partial charge in [-0.25, -0.2) is 0 Å². The normalized spacial score (nSPS) is 16.9. The summed E-state index contributed by atoms with van der Waals surface area (Å²) in [6.45, 7) is 2.44. The summed E-state index contributed by atoms with van der Waals surface area (Å²) in [5, 5.41) is 9.45. The molecule has 0 unspecified atom stereocenters. The van der Waals surface area contributed by atoms with Crippen LogP contribution in [0.25, 0.3) is 0 Å². The van der Waals surface area contributed by atoms with Crippen LogP contribution in [-0.2, 0) is 4.79 Å². The molecule has 1 fully saturated rings. The lowest BCUT2D eigenvalue weighted by Crippen LogP contribution is -2.44. The molecular weight excluding hydrogens is 274 g/mol. The average molecular weight is 295 g/mol. The van der Waals surface area contributed by atoms with Crippen LogP contribution in [0.15, 0.2) is 16.8 Å². The van der Waals surface area contributed by atoms with Gasteiger partial charge in [-0.2, -0.15) is 11.3 Å². The monoisotopic (exact) mass is 295 g/mol. The van der Waals surface area contributed by atoms with Crippen LogP contribution in [0.2, 0.25) is 0 Å². The Kier molecular flexibility index (Phi) is 5.55. The van der Waals surface area contributed by atoms with Crippen LogP contribution in [0, 0.1) is 0 Å². The molecule has 110 valence electrons. The lowest BCUT2D eigenvalue weighted by Gasteiger charge is -2.29. The summed E-state index contributed by atoms with van der Waals surface area (Å²) >= 11 is 1.49. The molecule has 1 saturated heterocycles. The van der Waals surface area contributed by atoms with Crippen molar-refractivity contribution >= 4 is 23.2 Å². The van der Waals surface area contributed by atoms with Crippen LogP contribution >= 0.6 is 11.3 Å². The predicted molar refractivity (Wildman–Crippen MR) is 79.9 cm³/mol. The fraction of sp³-hybridized carbons (Fsp3) is 0.571. The molecule has 1 aromatic heterocycles. The van der Waals surface area contributed by atoms with E-state index in [1.165, 1.54) is 11.3 Å². The summed E-state index contributed by atoms with van der Waals surface area (Å²) < 4.78 is 0. The minimum Gasteiger partial charge on any atom is -0.353 e. The van der Waals surface area contributed by atoms with Gasteiger partial charge in [0.2, 0.25) is 5.91 Å². The molecule has 2 rings (SSSR count). The zero-order valence-corrected chi connectivity index (χ0v) is 12.5. The molecule has 20 heavy (non-hydrogen) atoms. The third-order valence-corrected chi connectivity index (χ3v) is 4.19. The lowest BCUT2D eigenvalue weighted by atomic mass is 10.1. The molecule has 0 atom stereocenters. The molecule has 1 aliphatic heterocycles. The number of nitrogens with one attached hydrogen (secondary N) is 2. The lowest BCUT2D eigenvalue weighted by molar-refractivity contribution is -0.121. The Morgan fingerprint density at radius 2 is 2.15 bits per heavy atom. The van der Waals surface area contributed by atoms with E-state index in [0.717, 1.165) is 25.9 Å². The van der Waals surface area contributed by atoms with E-state index in [-0.39, 0.29) is 17.9 Å². The maximum absolute atomic E-state index is 11.8. The average Bonchev–Trinajstić information content (AvgIpc) is 2.95. The highest BCUT2D eigenvalue weighted by atomic mass is 32.1. The Morgan fingerprint density at radius 3 is 2.80 bits per heavy atom. The SMILES string of the molecule is CN1CCC(NC(=O)CCNC(=O)c2ccsc2)CC1. The number of amides is 2. The van der Waals surface area contributed by atoms with Crippen LogP contribution in [0.5, 0.6) is 0 Å². The number of carbonyl (C=O) groups is 2. The van der Waals surface area contributed by atoms with Gasteiger partial charge >= 0.3 is 0 Å². The van der Waals surface area contributed by atoms with Crippen LogP contribution in [0.4, 0.5) is 0 Å². The number of likely N-dealkylation sites (tertiary alicyclic amines) is 1. The summed E-state index contributed by atoms with van der Waals surface area (Å²) in [5.74, 6) is -0.0940. The van der Waals surface area contributed by atoms with Crippen molar-refractivity contribution in [3.8, 4) is 0 Å². The third-order valence-electron chi connectivity index (χ3n) is 3.50. The van der Waals surface area contributed by atoms with E-state index in [0.29, 0.717) is 18.5 Å². The van der Waals surface area contributed by atoms with Gasteiger partial charge in [0, 0.05) is 30.0 Å². The van der Waals surface area contributed by atoms with E-state index in [4.69, 9.17) is 0 Å². The molecule has 5 nitrogen and oxygen atoms in total. The van der Waals surface area contributed by atoms with E-state index in [9.17, 15) is 9.59 Å². The van der Waals surface area contributed by atoms with Crippen molar-refractivity contribution in [2.75, 3.05) is 26.7 Å². The molecular formula is C14H21N3O2S. The second-order valence-corrected chi connectivity index (χ2v) is 5.94. The van der Waals surface area contributed by atoms with Gasteiger partial charge < -0.3 is 15.5 Å². The fourth-order valence-corrected chi connectivity index (χ4v) is 2.87. The van der Waals surface area contributed by atoms with Crippen LogP contribution in [0.3, 0.4) is 0 Å². The summed E-state index contributed by atoms with van der Waals surface area (Å²) in [5.41, 5.74) is 0.658. The highest BCUT2D eigenvalue weighted by Crippen LogP contribution is 2.08. The van der Waals surface area contributed by atoms with Gasteiger partial charge in [0.25, 0.3) is 5.91 Å². The van der Waals surface area contributed by atoms with Crippen molar-refractivity contribution in [2.24, 2.45) is 0 Å². The molecule has 0 saturated carbocycles. The molecule has 1 aromatic rings. The second kappa shape index (κ2) is 7.40. The van der Waals surface area contributed by atoms with Gasteiger partial charge in [0.1, 0.15) is 0 Å². The number of carbonyl (C=O) groups excluding carboxylic acids is 2. The van der Waals surface area contributed by atoms with E-state index in [1.807, 2.05) is 5.38 Å². The first-order valence-corrected chi connectivity index (χ1v) is 7.88. The molecule has 0 bridgehead atoms. The Labute approximate surface area is 123 Å². The zero-order chi connectivity index (χ0) is 14.4. The van der Waals surface area contributed by atoms with E-state index >= 15 is 0 Å². The van der Waals surface area contributed by atoms with Crippen molar-refractivity contribution in [1.29, 1.82) is 0 Å². The summed E-state index contributed by atoms with van der Waals surface area (Å²) in [7, 11) is 2.10. The summed E-state index contributed by atoms with van der Waals surface area (Å²) in [4.78, 5) is 25.7. The van der Waals surface area contributed by atoms with Crippen molar-refractivity contribution in [1.82, 2.24) is 15.5 Å². The van der Waals surface area contributed by atoms with Gasteiger partial charge in [0.05, 0.1) is 0 Å². The van der Waals surface area contributed by atoms with Gasteiger partial charge in [-0.1, -0.05) is 0 Å². The van der Waals surface area contributed by atoms with Gasteiger partial charge in [-0.15, -0.1) is 0 Å². The van der Waals surface area contributed by atoms with Crippen LogP contribution in [0.1, 0.15) is 29.6 Å². The Hall–Kier alpha value is -1.40. The topological polar surface area (TPSA) is 61.4 Å². The van der Waals surface area contributed by atoms with Crippen LogP contribution < -0.4 is 10.6 Å². The molecule has 0 aromatic carbocycles. The van der Waals surface area contributed by atoms with Crippen molar-refractivity contribution in [3.63, 3.8) is 0 Å². The summed E-state index contributed by atoms with van der Waals surface area (Å²) in [6, 6.07) is 2.06. The van der Waals surface area contributed by atoms with Gasteiger partial charge in [-0.3, -0.25) is 9.59 Å². The van der Waals surface area contributed by atoms with E-state index in [2.05, 4.69) is 22.6 Å². The molecule has 0 aliphatic carbocycles. The molecule has 2 N–H and O–H groups in total. The smallest absolute Gasteiger partial charge is 0.252 e. The first kappa shape index (κ1) is 15.0. The third kappa shape index (κ3) is 4.61. The minimum absolute atomic E-state index is 0.0187. The van der Waals surface area contributed by atoms with Crippen LogP contribution in [-0.4, -0.2) is 49.4 Å². The van der Waals surface area contributed by atoms with Crippen molar-refractivity contribution in [3.05, 3.63) is 22.4 Å². The maximum atomic E-state index is 11.8. The minimum atomic E-state index is -0.113. The maximum Gasteiger partial charge on any atom is 0.252 e. The van der Waals surface area contributed by atoms with E-state index in [1.54, 1.807) is 11.4 Å². The molecule has 2 amide bonds. The Balaban J connectivity index is 1.62.